The molecule has 0 radical (unpaired) electrons. The molecule has 33 heavy (non-hydrogen) atoms. The number of hydrogen-bond donors (Lipinski definition) is 2. The van der Waals surface area contributed by atoms with Crippen molar-refractivity contribution in [1.29, 1.82) is 0 Å². The van der Waals surface area contributed by atoms with Crippen molar-refractivity contribution in [1.82, 2.24) is 30.2 Å². The summed E-state index contributed by atoms with van der Waals surface area (Å²) in [5, 5.41) is 10.8. The van der Waals surface area contributed by atoms with Crippen LogP contribution >= 0.6 is 0 Å². The standard InChI is InChI=1S/C24H34N6O3/c1-4-10-25-21(31)13-16-6-9-20-19(12-16)22(27-30(20)24(33)26-11-5-2)23(32)29-15-17-7-8-18(29)14-28(17)3/h6,9,12,17-18H,4-5,7-8,10-11,13-15H2,1-3H3,(H,25,31)(H,26,33). The first kappa shape index (κ1) is 23.2. The number of piperazine rings is 1. The van der Waals surface area contributed by atoms with Crippen molar-refractivity contribution in [3.05, 3.63) is 29.5 Å². The molecule has 178 valence electrons. The summed E-state index contributed by atoms with van der Waals surface area (Å²) in [5.41, 5.74) is 1.64. The second kappa shape index (κ2) is 9.91. The highest BCUT2D eigenvalue weighted by Crippen LogP contribution is 2.30. The van der Waals surface area contributed by atoms with Gasteiger partial charge < -0.3 is 15.5 Å². The highest BCUT2D eigenvalue weighted by atomic mass is 16.2. The molecule has 3 aliphatic rings. The molecule has 2 unspecified atom stereocenters. The molecule has 1 aromatic heterocycles. The van der Waals surface area contributed by atoms with Gasteiger partial charge in [0.15, 0.2) is 5.69 Å². The second-order valence-electron chi connectivity index (χ2n) is 9.15. The first-order chi connectivity index (χ1) is 15.9. The third kappa shape index (κ3) is 4.73. The zero-order valence-electron chi connectivity index (χ0n) is 19.8. The van der Waals surface area contributed by atoms with Gasteiger partial charge in [0.1, 0.15) is 0 Å². The molecule has 0 aliphatic carbocycles. The third-order valence-corrected chi connectivity index (χ3v) is 6.67. The molecule has 3 amide bonds. The number of piperidine rings is 2. The average Bonchev–Trinajstić information content (AvgIpc) is 3.20. The molecular formula is C24H34N6O3. The zero-order chi connectivity index (χ0) is 23.5. The van der Waals surface area contributed by atoms with Crippen molar-refractivity contribution in [3.63, 3.8) is 0 Å². The first-order valence-electron chi connectivity index (χ1n) is 12.0. The summed E-state index contributed by atoms with van der Waals surface area (Å²) >= 11 is 0. The largest absolute Gasteiger partial charge is 0.356 e. The van der Waals surface area contributed by atoms with Crippen molar-refractivity contribution in [3.8, 4) is 0 Å². The van der Waals surface area contributed by atoms with Crippen LogP contribution in [0.3, 0.4) is 0 Å². The van der Waals surface area contributed by atoms with Crippen LogP contribution in [-0.2, 0) is 11.2 Å². The number of rotatable bonds is 7. The quantitative estimate of drug-likeness (QED) is 0.667. The molecule has 1 aromatic carbocycles. The Hall–Kier alpha value is -2.94. The number of fused-ring (bicyclic) bond motifs is 4. The minimum Gasteiger partial charge on any atom is -0.356 e. The van der Waals surface area contributed by atoms with Crippen molar-refractivity contribution < 1.29 is 14.4 Å². The van der Waals surface area contributed by atoms with E-state index in [0.717, 1.165) is 37.8 Å². The van der Waals surface area contributed by atoms with Crippen LogP contribution in [-0.4, -0.2) is 82.7 Å². The Balaban J connectivity index is 1.68. The van der Waals surface area contributed by atoms with Crippen LogP contribution in [0.15, 0.2) is 18.2 Å². The Bertz CT molecular complexity index is 1050. The Labute approximate surface area is 194 Å². The van der Waals surface area contributed by atoms with E-state index in [4.69, 9.17) is 0 Å². The van der Waals surface area contributed by atoms with Crippen LogP contribution in [0.1, 0.15) is 55.6 Å². The van der Waals surface area contributed by atoms with Gasteiger partial charge in [0.05, 0.1) is 11.9 Å². The van der Waals surface area contributed by atoms with Crippen molar-refractivity contribution >= 4 is 28.7 Å². The number of carbonyl (C=O) groups excluding carboxylic acids is 3. The topological polar surface area (TPSA) is 99.6 Å². The van der Waals surface area contributed by atoms with Crippen LogP contribution < -0.4 is 10.6 Å². The molecule has 0 saturated carbocycles. The minimum atomic E-state index is -0.353. The second-order valence-corrected chi connectivity index (χ2v) is 9.15. The summed E-state index contributed by atoms with van der Waals surface area (Å²) in [6.07, 6.45) is 3.97. The van der Waals surface area contributed by atoms with Gasteiger partial charge >= 0.3 is 6.03 Å². The summed E-state index contributed by atoms with van der Waals surface area (Å²) in [4.78, 5) is 42.9. The number of carbonyl (C=O) groups is 3. The van der Waals surface area contributed by atoms with Gasteiger partial charge in [-0.1, -0.05) is 19.9 Å². The molecule has 3 saturated heterocycles. The first-order valence-corrected chi connectivity index (χ1v) is 12.0. The van der Waals surface area contributed by atoms with Crippen molar-refractivity contribution in [2.75, 3.05) is 33.2 Å². The Morgan fingerprint density at radius 3 is 2.42 bits per heavy atom. The molecule has 2 atom stereocenters. The smallest absolute Gasteiger partial charge is 0.342 e. The fourth-order valence-corrected chi connectivity index (χ4v) is 4.83. The normalized spacial score (nSPS) is 20.3. The molecule has 9 heteroatoms. The fourth-order valence-electron chi connectivity index (χ4n) is 4.83. The zero-order valence-corrected chi connectivity index (χ0v) is 19.8. The van der Waals surface area contributed by atoms with Gasteiger partial charge in [0.25, 0.3) is 5.91 Å². The summed E-state index contributed by atoms with van der Waals surface area (Å²) in [7, 11) is 2.11. The lowest BCUT2D eigenvalue weighted by Crippen LogP contribution is -2.62. The van der Waals surface area contributed by atoms with E-state index in [2.05, 4.69) is 27.7 Å². The monoisotopic (exact) mass is 454 g/mol. The van der Waals surface area contributed by atoms with Gasteiger partial charge in [-0.25, -0.2) is 4.79 Å². The number of likely N-dealkylation sites (N-methyl/N-ethyl adjacent to an activating group) is 1. The summed E-state index contributed by atoms with van der Waals surface area (Å²) in [5.74, 6) is -0.203. The van der Waals surface area contributed by atoms with E-state index < -0.39 is 0 Å². The highest BCUT2D eigenvalue weighted by Gasteiger charge is 2.40. The van der Waals surface area contributed by atoms with Gasteiger partial charge in [-0.05, 0) is 50.4 Å². The SMILES string of the molecule is CCCNC(=O)Cc1ccc2c(c1)c(C(=O)N1CC3CCC1CN3C)nn2C(=O)NCCC. The van der Waals surface area contributed by atoms with Crippen molar-refractivity contribution in [2.24, 2.45) is 0 Å². The number of benzene rings is 1. The van der Waals surface area contributed by atoms with Gasteiger partial charge in [0.2, 0.25) is 5.91 Å². The van der Waals surface area contributed by atoms with Gasteiger partial charge in [0, 0.05) is 43.6 Å². The molecule has 3 aliphatic heterocycles. The lowest BCUT2D eigenvalue weighted by atomic mass is 9.91. The van der Waals surface area contributed by atoms with E-state index in [0.29, 0.717) is 36.6 Å². The molecule has 2 bridgehead atoms. The summed E-state index contributed by atoms with van der Waals surface area (Å²) < 4.78 is 1.29. The highest BCUT2D eigenvalue weighted by molar-refractivity contribution is 6.07. The summed E-state index contributed by atoms with van der Waals surface area (Å²) in [6, 6.07) is 5.60. The maximum absolute atomic E-state index is 13.7. The molecular weight excluding hydrogens is 420 g/mol. The average molecular weight is 455 g/mol. The van der Waals surface area contributed by atoms with E-state index in [9.17, 15) is 14.4 Å². The summed E-state index contributed by atoms with van der Waals surface area (Å²) in [6.45, 7) is 6.68. The van der Waals surface area contributed by atoms with Crippen LogP contribution in [0.25, 0.3) is 10.9 Å². The molecule has 0 spiro atoms. The Morgan fingerprint density at radius 1 is 1.03 bits per heavy atom. The van der Waals surface area contributed by atoms with E-state index in [1.165, 1.54) is 4.68 Å². The third-order valence-electron chi connectivity index (χ3n) is 6.67. The number of nitrogens with zero attached hydrogens (tertiary/aromatic N) is 4. The molecule has 2 aromatic rings. The molecule has 9 nitrogen and oxygen atoms in total. The lowest BCUT2D eigenvalue weighted by molar-refractivity contribution is -0.120. The van der Waals surface area contributed by atoms with Crippen LogP contribution in [0.5, 0.6) is 0 Å². The van der Waals surface area contributed by atoms with Gasteiger partial charge in [-0.3, -0.25) is 14.5 Å². The fraction of sp³-hybridized carbons (Fsp3) is 0.583. The Kier molecular flexibility index (Phi) is 6.97. The van der Waals surface area contributed by atoms with Gasteiger partial charge in [-0.2, -0.15) is 9.78 Å². The molecule has 2 N–H and O–H groups in total. The van der Waals surface area contributed by atoms with E-state index >= 15 is 0 Å². The molecule has 4 heterocycles. The predicted molar refractivity (Wildman–Crippen MR) is 126 cm³/mol. The van der Waals surface area contributed by atoms with E-state index in [1.807, 2.05) is 30.9 Å². The minimum absolute atomic E-state index is 0.0615. The Morgan fingerprint density at radius 2 is 1.76 bits per heavy atom. The molecule has 5 rings (SSSR count). The van der Waals surface area contributed by atoms with Crippen LogP contribution in [0, 0.1) is 0 Å². The number of aromatic nitrogens is 2. The lowest BCUT2D eigenvalue weighted by Gasteiger charge is -2.50. The van der Waals surface area contributed by atoms with Crippen molar-refractivity contribution in [2.45, 2.75) is 58.0 Å². The number of hydrogen-bond acceptors (Lipinski definition) is 5. The molecule has 3 fully saturated rings. The number of nitrogens with one attached hydrogen (secondary N) is 2. The van der Waals surface area contributed by atoms with E-state index in [1.54, 1.807) is 6.07 Å². The van der Waals surface area contributed by atoms with E-state index in [-0.39, 0.29) is 36.0 Å². The predicted octanol–water partition coefficient (Wildman–Crippen LogP) is 1.99. The maximum Gasteiger partial charge on any atom is 0.342 e. The van der Waals surface area contributed by atoms with Crippen LogP contribution in [0.4, 0.5) is 4.79 Å². The van der Waals surface area contributed by atoms with Gasteiger partial charge in [-0.15, -0.1) is 0 Å². The van der Waals surface area contributed by atoms with Crippen LogP contribution in [0.2, 0.25) is 0 Å². The number of amides is 3. The maximum atomic E-state index is 13.7.